The predicted octanol–water partition coefficient (Wildman–Crippen LogP) is 1.23. The largest absolute Gasteiger partial charge is 0.394 e. The van der Waals surface area contributed by atoms with Crippen LogP contribution in [0.1, 0.15) is 38.6 Å². The number of rotatable bonds is 6. The molecule has 0 saturated heterocycles. The molecule has 1 unspecified atom stereocenters. The summed E-state index contributed by atoms with van der Waals surface area (Å²) in [5.74, 6) is 0. The summed E-state index contributed by atoms with van der Waals surface area (Å²) in [6.07, 6.45) is 1.86. The van der Waals surface area contributed by atoms with Crippen LogP contribution in [0.5, 0.6) is 0 Å². The molecule has 0 aliphatic carbocycles. The summed E-state index contributed by atoms with van der Waals surface area (Å²) in [7, 11) is 1.96. The maximum Gasteiger partial charge on any atom is 0.0625 e. The zero-order valence-corrected chi connectivity index (χ0v) is 10.7. The van der Waals surface area contributed by atoms with E-state index in [-0.39, 0.29) is 12.1 Å². The minimum absolute atomic E-state index is 0.155. The summed E-state index contributed by atoms with van der Waals surface area (Å²) in [5.41, 5.74) is 2.07. The number of hydrogen-bond donors (Lipinski definition) is 2. The molecule has 0 aliphatic heterocycles. The number of aryl methyl sites for hydroxylation is 2. The minimum atomic E-state index is -0.198. The molecule has 0 aliphatic rings. The van der Waals surface area contributed by atoms with Crippen LogP contribution < -0.4 is 5.32 Å². The van der Waals surface area contributed by atoms with Crippen LogP contribution in [-0.4, -0.2) is 27.0 Å². The normalized spacial score (nSPS) is 15.1. The van der Waals surface area contributed by atoms with E-state index in [1.54, 1.807) is 0 Å². The zero-order valence-electron chi connectivity index (χ0n) is 10.7. The molecule has 0 amide bonds. The van der Waals surface area contributed by atoms with Gasteiger partial charge in [-0.1, -0.05) is 13.8 Å². The molecule has 0 fully saturated rings. The third-order valence-electron chi connectivity index (χ3n) is 3.22. The van der Waals surface area contributed by atoms with Crippen molar-refractivity contribution < 1.29 is 5.11 Å². The number of aliphatic hydroxyl groups is 1. The maximum atomic E-state index is 9.30. The van der Waals surface area contributed by atoms with Gasteiger partial charge in [-0.05, 0) is 25.8 Å². The number of aliphatic hydroxyl groups excluding tert-OH is 1. The van der Waals surface area contributed by atoms with Gasteiger partial charge in [-0.25, -0.2) is 0 Å². The van der Waals surface area contributed by atoms with Crippen molar-refractivity contribution in [1.82, 2.24) is 15.1 Å². The van der Waals surface area contributed by atoms with E-state index in [9.17, 15) is 5.11 Å². The summed E-state index contributed by atoms with van der Waals surface area (Å²) in [4.78, 5) is 0. The van der Waals surface area contributed by atoms with Crippen molar-refractivity contribution in [1.29, 1.82) is 0 Å². The van der Waals surface area contributed by atoms with Gasteiger partial charge in [0.1, 0.15) is 0 Å². The van der Waals surface area contributed by atoms with Gasteiger partial charge in [0.05, 0.1) is 18.0 Å². The Morgan fingerprint density at radius 3 is 2.62 bits per heavy atom. The van der Waals surface area contributed by atoms with Crippen LogP contribution in [0.25, 0.3) is 0 Å². The first-order valence-corrected chi connectivity index (χ1v) is 5.92. The number of nitrogens with zero attached hydrogens (tertiary/aromatic N) is 2. The molecule has 2 N–H and O–H groups in total. The van der Waals surface area contributed by atoms with Gasteiger partial charge in [0, 0.05) is 19.1 Å². The first-order chi connectivity index (χ1) is 7.54. The summed E-state index contributed by atoms with van der Waals surface area (Å²) >= 11 is 0. The van der Waals surface area contributed by atoms with Crippen LogP contribution >= 0.6 is 0 Å². The molecule has 0 aromatic carbocycles. The number of aromatic nitrogens is 2. The van der Waals surface area contributed by atoms with E-state index >= 15 is 0 Å². The molecule has 16 heavy (non-hydrogen) atoms. The smallest absolute Gasteiger partial charge is 0.0625 e. The lowest BCUT2D eigenvalue weighted by Crippen LogP contribution is -2.44. The highest BCUT2D eigenvalue weighted by atomic mass is 16.3. The zero-order chi connectivity index (χ0) is 12.2. The molecule has 1 atom stereocenters. The molecular weight excluding hydrogens is 202 g/mol. The summed E-state index contributed by atoms with van der Waals surface area (Å²) in [6.45, 7) is 7.11. The van der Waals surface area contributed by atoms with E-state index in [1.165, 1.54) is 0 Å². The predicted molar refractivity (Wildman–Crippen MR) is 65.2 cm³/mol. The van der Waals surface area contributed by atoms with Crippen molar-refractivity contribution in [2.24, 2.45) is 7.05 Å². The Hall–Kier alpha value is -0.870. The van der Waals surface area contributed by atoms with Crippen molar-refractivity contribution in [3.05, 3.63) is 17.5 Å². The second kappa shape index (κ2) is 5.46. The SMILES string of the molecule is CCc1cc(CNC(C)(CC)CO)n(C)n1. The van der Waals surface area contributed by atoms with Gasteiger partial charge in [-0.2, -0.15) is 5.10 Å². The van der Waals surface area contributed by atoms with Gasteiger partial charge in [0.15, 0.2) is 0 Å². The summed E-state index contributed by atoms with van der Waals surface area (Å²) in [6, 6.07) is 2.11. The summed E-state index contributed by atoms with van der Waals surface area (Å²) in [5, 5.41) is 17.1. The fourth-order valence-electron chi connectivity index (χ4n) is 1.51. The fraction of sp³-hybridized carbons (Fsp3) is 0.750. The van der Waals surface area contributed by atoms with Crippen LogP contribution in [0.4, 0.5) is 0 Å². The standard InChI is InChI=1S/C12H23N3O/c1-5-10-7-11(15(4)14-10)8-13-12(3,6-2)9-16/h7,13,16H,5-6,8-9H2,1-4H3. The lowest BCUT2D eigenvalue weighted by molar-refractivity contribution is 0.168. The van der Waals surface area contributed by atoms with Gasteiger partial charge in [0.25, 0.3) is 0 Å². The molecule has 4 nitrogen and oxygen atoms in total. The van der Waals surface area contributed by atoms with E-state index in [4.69, 9.17) is 0 Å². The third-order valence-corrected chi connectivity index (χ3v) is 3.22. The van der Waals surface area contributed by atoms with Crippen LogP contribution in [0.2, 0.25) is 0 Å². The van der Waals surface area contributed by atoms with E-state index in [0.717, 1.165) is 30.8 Å². The van der Waals surface area contributed by atoms with Gasteiger partial charge in [-0.15, -0.1) is 0 Å². The van der Waals surface area contributed by atoms with Gasteiger partial charge in [-0.3, -0.25) is 4.68 Å². The first-order valence-electron chi connectivity index (χ1n) is 5.92. The van der Waals surface area contributed by atoms with Crippen molar-refractivity contribution >= 4 is 0 Å². The number of hydrogen-bond acceptors (Lipinski definition) is 3. The first kappa shape index (κ1) is 13.2. The average Bonchev–Trinajstić information content (AvgIpc) is 2.67. The monoisotopic (exact) mass is 225 g/mol. The van der Waals surface area contributed by atoms with E-state index in [1.807, 2.05) is 18.7 Å². The molecule has 0 spiro atoms. The highest BCUT2D eigenvalue weighted by Gasteiger charge is 2.20. The van der Waals surface area contributed by atoms with E-state index in [2.05, 4.69) is 30.3 Å². The van der Waals surface area contributed by atoms with Gasteiger partial charge in [0.2, 0.25) is 0 Å². The Morgan fingerprint density at radius 1 is 1.50 bits per heavy atom. The highest BCUT2D eigenvalue weighted by molar-refractivity contribution is 5.10. The van der Waals surface area contributed by atoms with Crippen LogP contribution in [-0.2, 0) is 20.0 Å². The molecule has 92 valence electrons. The van der Waals surface area contributed by atoms with E-state index < -0.39 is 0 Å². The molecule has 0 bridgehead atoms. The Bertz CT molecular complexity index is 329. The minimum Gasteiger partial charge on any atom is -0.394 e. The molecule has 0 radical (unpaired) electrons. The second-order valence-electron chi connectivity index (χ2n) is 4.53. The van der Waals surface area contributed by atoms with Crippen molar-refractivity contribution in [3.63, 3.8) is 0 Å². The Balaban J connectivity index is 2.63. The fourth-order valence-corrected chi connectivity index (χ4v) is 1.51. The molecule has 0 saturated carbocycles. The Morgan fingerprint density at radius 2 is 2.19 bits per heavy atom. The molecule has 4 heteroatoms. The van der Waals surface area contributed by atoms with Crippen LogP contribution in [0.15, 0.2) is 6.07 Å². The maximum absolute atomic E-state index is 9.30. The quantitative estimate of drug-likeness (QED) is 0.765. The number of nitrogens with one attached hydrogen (secondary N) is 1. The van der Waals surface area contributed by atoms with Crippen LogP contribution in [0.3, 0.4) is 0 Å². The van der Waals surface area contributed by atoms with Gasteiger partial charge < -0.3 is 10.4 Å². The molecule has 1 aromatic heterocycles. The average molecular weight is 225 g/mol. The lowest BCUT2D eigenvalue weighted by atomic mass is 10.0. The molecule has 1 heterocycles. The molecule has 1 aromatic rings. The molecular formula is C12H23N3O. The third kappa shape index (κ3) is 3.06. The Kier molecular flexibility index (Phi) is 4.50. The van der Waals surface area contributed by atoms with Crippen molar-refractivity contribution in [2.75, 3.05) is 6.61 Å². The highest BCUT2D eigenvalue weighted by Crippen LogP contribution is 2.10. The van der Waals surface area contributed by atoms with Crippen molar-refractivity contribution in [2.45, 2.75) is 45.7 Å². The van der Waals surface area contributed by atoms with Crippen molar-refractivity contribution in [3.8, 4) is 0 Å². The summed E-state index contributed by atoms with van der Waals surface area (Å²) < 4.78 is 1.90. The second-order valence-corrected chi connectivity index (χ2v) is 4.53. The van der Waals surface area contributed by atoms with E-state index in [0.29, 0.717) is 0 Å². The molecule has 1 rings (SSSR count). The Labute approximate surface area is 97.7 Å². The lowest BCUT2D eigenvalue weighted by Gasteiger charge is -2.27. The topological polar surface area (TPSA) is 50.1 Å². The van der Waals surface area contributed by atoms with Gasteiger partial charge >= 0.3 is 0 Å². The van der Waals surface area contributed by atoms with Crippen LogP contribution in [0, 0.1) is 0 Å².